The van der Waals surface area contributed by atoms with Gasteiger partial charge >= 0.3 is 5.97 Å². The van der Waals surface area contributed by atoms with Gasteiger partial charge in [-0.2, -0.15) is 0 Å². The normalized spacial score (nSPS) is 17.5. The minimum atomic E-state index is -0.412. The summed E-state index contributed by atoms with van der Waals surface area (Å²) in [7, 11) is 0. The molecular formula is C14H22O5. The van der Waals surface area contributed by atoms with Gasteiger partial charge in [0.15, 0.2) is 13.2 Å². The molecule has 1 fully saturated rings. The van der Waals surface area contributed by atoms with Gasteiger partial charge < -0.3 is 9.47 Å². The van der Waals surface area contributed by atoms with Crippen LogP contribution in [0.4, 0.5) is 0 Å². The van der Waals surface area contributed by atoms with Crippen molar-refractivity contribution in [3.63, 3.8) is 0 Å². The quantitative estimate of drug-likeness (QED) is 0.497. The highest BCUT2D eigenvalue weighted by molar-refractivity contribution is 5.84. The van der Waals surface area contributed by atoms with Crippen LogP contribution in [0.25, 0.3) is 0 Å². The summed E-state index contributed by atoms with van der Waals surface area (Å²) in [5, 5.41) is 0. The Hall–Kier alpha value is -1.39. The van der Waals surface area contributed by atoms with Crippen LogP contribution in [0.1, 0.15) is 45.4 Å². The van der Waals surface area contributed by atoms with Gasteiger partial charge in [0.1, 0.15) is 0 Å². The Labute approximate surface area is 113 Å². The molecule has 5 nitrogen and oxygen atoms in total. The molecule has 0 aliphatic heterocycles. The van der Waals surface area contributed by atoms with E-state index in [4.69, 9.17) is 4.74 Å². The van der Waals surface area contributed by atoms with E-state index in [9.17, 15) is 14.4 Å². The SMILES string of the molecule is CC(CC1CCCCC1)C(=O)OCC(=O)COC=O. The number of rotatable bonds is 8. The Balaban J connectivity index is 2.20. The highest BCUT2D eigenvalue weighted by atomic mass is 16.5. The molecule has 1 saturated carbocycles. The Kier molecular flexibility index (Phi) is 7.15. The van der Waals surface area contributed by atoms with Crippen LogP contribution < -0.4 is 0 Å². The number of carbonyl (C=O) groups excluding carboxylic acids is 3. The zero-order valence-corrected chi connectivity index (χ0v) is 11.4. The molecule has 0 aromatic heterocycles. The maximum absolute atomic E-state index is 11.7. The van der Waals surface area contributed by atoms with Gasteiger partial charge in [0, 0.05) is 0 Å². The lowest BCUT2D eigenvalue weighted by Gasteiger charge is -2.23. The molecule has 0 bridgehead atoms. The Morgan fingerprint density at radius 1 is 1.21 bits per heavy atom. The molecule has 0 heterocycles. The first-order chi connectivity index (χ1) is 9.13. The first-order valence-electron chi connectivity index (χ1n) is 6.87. The Morgan fingerprint density at radius 3 is 2.53 bits per heavy atom. The highest BCUT2D eigenvalue weighted by Gasteiger charge is 2.22. The molecule has 1 rings (SSSR count). The predicted octanol–water partition coefficient (Wildman–Crippen LogP) is 1.88. The van der Waals surface area contributed by atoms with E-state index in [-0.39, 0.29) is 31.6 Å². The largest absolute Gasteiger partial charge is 0.460 e. The van der Waals surface area contributed by atoms with Crippen LogP contribution in [0, 0.1) is 11.8 Å². The molecule has 108 valence electrons. The van der Waals surface area contributed by atoms with Crippen LogP contribution in [0.15, 0.2) is 0 Å². The second-order valence-electron chi connectivity index (χ2n) is 5.19. The number of carbonyl (C=O) groups is 3. The summed E-state index contributed by atoms with van der Waals surface area (Å²) in [5.74, 6) is -0.330. The first kappa shape index (κ1) is 15.7. The average molecular weight is 270 g/mol. The third-order valence-electron chi connectivity index (χ3n) is 3.50. The second kappa shape index (κ2) is 8.67. The van der Waals surface area contributed by atoms with Crippen LogP contribution in [0.5, 0.6) is 0 Å². The molecule has 1 aliphatic carbocycles. The van der Waals surface area contributed by atoms with Crippen molar-refractivity contribution in [3.8, 4) is 0 Å². The topological polar surface area (TPSA) is 69.7 Å². The zero-order chi connectivity index (χ0) is 14.1. The van der Waals surface area contributed by atoms with Crippen molar-refractivity contribution < 1.29 is 23.9 Å². The summed E-state index contributed by atoms with van der Waals surface area (Å²) in [6.45, 7) is 1.38. The van der Waals surface area contributed by atoms with Gasteiger partial charge in [0.25, 0.3) is 6.47 Å². The van der Waals surface area contributed by atoms with Crippen molar-refractivity contribution in [1.29, 1.82) is 0 Å². The van der Waals surface area contributed by atoms with E-state index in [1.165, 1.54) is 32.1 Å². The van der Waals surface area contributed by atoms with E-state index in [0.717, 1.165) is 6.42 Å². The highest BCUT2D eigenvalue weighted by Crippen LogP contribution is 2.29. The van der Waals surface area contributed by atoms with Gasteiger partial charge in [0.05, 0.1) is 5.92 Å². The van der Waals surface area contributed by atoms with Gasteiger partial charge in [-0.05, 0) is 12.3 Å². The third kappa shape index (κ3) is 6.36. The molecule has 0 spiro atoms. The summed E-state index contributed by atoms with van der Waals surface area (Å²) in [6, 6.07) is 0. The maximum atomic E-state index is 11.7. The second-order valence-corrected chi connectivity index (χ2v) is 5.19. The van der Waals surface area contributed by atoms with E-state index < -0.39 is 5.78 Å². The monoisotopic (exact) mass is 270 g/mol. The van der Waals surface area contributed by atoms with Crippen molar-refractivity contribution >= 4 is 18.2 Å². The summed E-state index contributed by atoms with van der Waals surface area (Å²) in [5.41, 5.74) is 0. The fourth-order valence-corrected chi connectivity index (χ4v) is 2.48. The minimum absolute atomic E-state index is 0.178. The zero-order valence-electron chi connectivity index (χ0n) is 11.4. The summed E-state index contributed by atoms with van der Waals surface area (Å²) in [6.07, 6.45) is 6.98. The van der Waals surface area contributed by atoms with E-state index in [0.29, 0.717) is 5.92 Å². The van der Waals surface area contributed by atoms with Gasteiger partial charge in [-0.1, -0.05) is 39.0 Å². The molecule has 5 heteroatoms. The molecule has 0 amide bonds. The van der Waals surface area contributed by atoms with Crippen molar-refractivity contribution in [2.24, 2.45) is 11.8 Å². The van der Waals surface area contributed by atoms with Crippen LogP contribution in [0.3, 0.4) is 0 Å². The van der Waals surface area contributed by atoms with Crippen molar-refractivity contribution in [1.82, 2.24) is 0 Å². The molecule has 0 saturated heterocycles. The molecule has 19 heavy (non-hydrogen) atoms. The van der Waals surface area contributed by atoms with Gasteiger partial charge in [-0.3, -0.25) is 14.4 Å². The maximum Gasteiger partial charge on any atom is 0.309 e. The molecule has 0 N–H and O–H groups in total. The number of hydrogen-bond donors (Lipinski definition) is 0. The number of ketones is 1. The fraction of sp³-hybridized carbons (Fsp3) is 0.786. The van der Waals surface area contributed by atoms with E-state index in [1.54, 1.807) is 0 Å². The third-order valence-corrected chi connectivity index (χ3v) is 3.50. The van der Waals surface area contributed by atoms with Gasteiger partial charge in [-0.15, -0.1) is 0 Å². The average Bonchev–Trinajstić information content (AvgIpc) is 2.43. The van der Waals surface area contributed by atoms with Crippen molar-refractivity contribution in [3.05, 3.63) is 0 Å². The van der Waals surface area contributed by atoms with Gasteiger partial charge in [0.2, 0.25) is 5.78 Å². The molecular weight excluding hydrogens is 248 g/mol. The number of hydrogen-bond acceptors (Lipinski definition) is 5. The molecule has 0 radical (unpaired) electrons. The van der Waals surface area contributed by atoms with Crippen LogP contribution in [-0.4, -0.2) is 31.4 Å². The molecule has 1 unspecified atom stereocenters. The minimum Gasteiger partial charge on any atom is -0.460 e. The Bertz CT molecular complexity index is 307. The van der Waals surface area contributed by atoms with Crippen molar-refractivity contribution in [2.75, 3.05) is 13.2 Å². The predicted molar refractivity (Wildman–Crippen MR) is 68.3 cm³/mol. The molecule has 1 atom stereocenters. The van der Waals surface area contributed by atoms with Crippen molar-refractivity contribution in [2.45, 2.75) is 45.4 Å². The lowest BCUT2D eigenvalue weighted by Crippen LogP contribution is -2.23. The standard InChI is InChI=1S/C14H22O5/c1-11(7-12-5-3-2-4-6-12)14(17)19-9-13(16)8-18-10-15/h10-12H,2-9H2,1H3. The Morgan fingerprint density at radius 2 is 1.89 bits per heavy atom. The summed E-state index contributed by atoms with van der Waals surface area (Å²) < 4.78 is 9.21. The fourth-order valence-electron chi connectivity index (χ4n) is 2.48. The van der Waals surface area contributed by atoms with Gasteiger partial charge in [-0.25, -0.2) is 0 Å². The lowest BCUT2D eigenvalue weighted by atomic mass is 9.83. The van der Waals surface area contributed by atoms with Crippen LogP contribution in [0.2, 0.25) is 0 Å². The summed E-state index contributed by atoms with van der Waals surface area (Å²) >= 11 is 0. The lowest BCUT2D eigenvalue weighted by molar-refractivity contribution is -0.153. The molecule has 0 aromatic carbocycles. The van der Waals surface area contributed by atoms with E-state index in [2.05, 4.69) is 4.74 Å². The molecule has 0 aromatic rings. The number of esters is 1. The number of Topliss-reactive ketones (excluding diaryl/α,β-unsaturated/α-hetero) is 1. The van der Waals surface area contributed by atoms with Crippen LogP contribution in [-0.2, 0) is 23.9 Å². The van der Waals surface area contributed by atoms with E-state index in [1.807, 2.05) is 6.92 Å². The smallest absolute Gasteiger partial charge is 0.309 e. The van der Waals surface area contributed by atoms with Crippen LogP contribution >= 0.6 is 0 Å². The first-order valence-corrected chi connectivity index (χ1v) is 6.87. The van der Waals surface area contributed by atoms with E-state index >= 15 is 0 Å². The molecule has 1 aliphatic rings. The number of ether oxygens (including phenoxy) is 2. The summed E-state index contributed by atoms with van der Waals surface area (Å²) in [4.78, 5) is 32.8.